The minimum atomic E-state index is -0.520. The van der Waals surface area contributed by atoms with Gasteiger partial charge in [-0.3, -0.25) is 9.69 Å². The molecule has 0 amide bonds. The third kappa shape index (κ3) is 3.34. The molecule has 2 aromatic rings. The molecule has 0 saturated carbocycles. The number of nitrogens with zero attached hydrogens (tertiary/aromatic N) is 1. The lowest BCUT2D eigenvalue weighted by Crippen LogP contribution is -2.41. The zero-order valence-electron chi connectivity index (χ0n) is 16.9. The van der Waals surface area contributed by atoms with Crippen LogP contribution in [0.4, 0.5) is 5.69 Å². The number of hydrogen-bond acceptors (Lipinski definition) is 6. The topological polar surface area (TPSA) is 72.6 Å². The molecule has 5 nitrogen and oxygen atoms in total. The van der Waals surface area contributed by atoms with Crippen molar-refractivity contribution in [3.05, 3.63) is 73.8 Å². The molecular weight excluding hydrogens is 420 g/mol. The normalized spacial score (nSPS) is 19.2. The highest BCUT2D eigenvalue weighted by atomic mass is 35.5. The number of thiophene rings is 1. The highest BCUT2D eigenvalue weighted by Gasteiger charge is 2.43. The minimum absolute atomic E-state index is 0.0476. The smallest absolute Gasteiger partial charge is 0.338 e. The molecule has 0 saturated heterocycles. The first kappa shape index (κ1) is 20.7. The molecule has 1 aliphatic heterocycles. The standard InChI is InChI=1S/C23H23ClN2O3S/c1-3-29-23(28)21-19(14-10-11-30-12-14)20-17(8-5-9-18(20)27)26(22(21)25)16-7-4-6-15(24)13(16)2/h4,6-7,10-12,19H,3,5,8-9,25H2,1-2H3. The second-order valence-electron chi connectivity index (χ2n) is 7.37. The van der Waals surface area contributed by atoms with Crippen LogP contribution in [0, 0.1) is 6.92 Å². The van der Waals surface area contributed by atoms with Crippen LogP contribution in [0.25, 0.3) is 0 Å². The number of nitrogens with two attached hydrogens (primary N) is 1. The van der Waals surface area contributed by atoms with Gasteiger partial charge in [0, 0.05) is 22.7 Å². The number of hydrogen-bond donors (Lipinski definition) is 1. The molecule has 0 bridgehead atoms. The molecular formula is C23H23ClN2O3S. The summed E-state index contributed by atoms with van der Waals surface area (Å²) in [5.74, 6) is -0.676. The molecule has 156 valence electrons. The first-order valence-corrected chi connectivity index (χ1v) is 11.3. The van der Waals surface area contributed by atoms with Crippen molar-refractivity contribution in [2.45, 2.75) is 39.0 Å². The Morgan fingerprint density at radius 2 is 2.13 bits per heavy atom. The number of allylic oxidation sites excluding steroid dienone is 2. The summed E-state index contributed by atoms with van der Waals surface area (Å²) in [6.45, 7) is 3.89. The van der Waals surface area contributed by atoms with Crippen LogP contribution < -0.4 is 10.6 Å². The highest BCUT2D eigenvalue weighted by Crippen LogP contribution is 2.48. The van der Waals surface area contributed by atoms with E-state index < -0.39 is 11.9 Å². The van der Waals surface area contributed by atoms with E-state index >= 15 is 0 Å². The number of esters is 1. The van der Waals surface area contributed by atoms with Crippen LogP contribution in [0.15, 0.2) is 57.7 Å². The van der Waals surface area contributed by atoms with Crippen molar-refractivity contribution >= 4 is 40.4 Å². The van der Waals surface area contributed by atoms with Crippen molar-refractivity contribution in [2.24, 2.45) is 5.73 Å². The Bertz CT molecular complexity index is 1070. The lowest BCUT2D eigenvalue weighted by molar-refractivity contribution is -0.138. The molecule has 2 aliphatic rings. The quantitative estimate of drug-likeness (QED) is 0.670. The van der Waals surface area contributed by atoms with E-state index in [1.54, 1.807) is 6.92 Å². The number of carbonyl (C=O) groups excluding carboxylic acids is 2. The zero-order chi connectivity index (χ0) is 21.4. The lowest BCUT2D eigenvalue weighted by Gasteiger charge is -2.40. The van der Waals surface area contributed by atoms with Crippen molar-refractivity contribution in [3.63, 3.8) is 0 Å². The second-order valence-corrected chi connectivity index (χ2v) is 8.55. The Morgan fingerprint density at radius 3 is 2.83 bits per heavy atom. The summed E-state index contributed by atoms with van der Waals surface area (Å²) < 4.78 is 5.37. The van der Waals surface area contributed by atoms with E-state index in [0.29, 0.717) is 34.8 Å². The third-order valence-electron chi connectivity index (χ3n) is 5.64. The van der Waals surface area contributed by atoms with Crippen molar-refractivity contribution in [1.29, 1.82) is 0 Å². The number of rotatable bonds is 4. The number of Topliss-reactive ketones (excluding diaryl/α,β-unsaturated/α-hetero) is 1. The van der Waals surface area contributed by atoms with Gasteiger partial charge in [-0.1, -0.05) is 17.7 Å². The largest absolute Gasteiger partial charge is 0.463 e. The molecule has 0 spiro atoms. The van der Waals surface area contributed by atoms with Gasteiger partial charge >= 0.3 is 5.97 Å². The maximum atomic E-state index is 13.2. The van der Waals surface area contributed by atoms with Crippen LogP contribution in [0.1, 0.15) is 43.2 Å². The van der Waals surface area contributed by atoms with Gasteiger partial charge in [0.15, 0.2) is 5.78 Å². The summed E-state index contributed by atoms with van der Waals surface area (Å²) in [5.41, 5.74) is 11.0. The van der Waals surface area contributed by atoms with Gasteiger partial charge in [-0.25, -0.2) is 4.79 Å². The average Bonchev–Trinajstić information content (AvgIpc) is 3.24. The summed E-state index contributed by atoms with van der Waals surface area (Å²) in [6, 6.07) is 7.50. The van der Waals surface area contributed by atoms with Gasteiger partial charge in [-0.2, -0.15) is 11.3 Å². The minimum Gasteiger partial charge on any atom is -0.463 e. The number of carbonyl (C=O) groups is 2. The van der Waals surface area contributed by atoms with Crippen LogP contribution in [0.2, 0.25) is 5.02 Å². The van der Waals surface area contributed by atoms with E-state index in [1.165, 1.54) is 11.3 Å². The molecule has 1 aromatic carbocycles. The van der Waals surface area contributed by atoms with Gasteiger partial charge < -0.3 is 10.5 Å². The maximum absolute atomic E-state index is 13.2. The van der Waals surface area contributed by atoms with Gasteiger partial charge in [0.2, 0.25) is 0 Å². The van der Waals surface area contributed by atoms with Gasteiger partial charge in [0.25, 0.3) is 0 Å². The SMILES string of the molecule is CCOC(=O)C1=C(N)N(c2cccc(Cl)c2C)C2=C(C(=O)CCC2)C1c1ccsc1. The van der Waals surface area contributed by atoms with E-state index in [0.717, 1.165) is 28.9 Å². The highest BCUT2D eigenvalue weighted by molar-refractivity contribution is 7.08. The molecule has 0 radical (unpaired) electrons. The Balaban J connectivity index is 2.01. The Morgan fingerprint density at radius 1 is 1.33 bits per heavy atom. The second kappa shape index (κ2) is 8.28. The van der Waals surface area contributed by atoms with Gasteiger partial charge in [-0.05, 0) is 66.8 Å². The first-order valence-electron chi connectivity index (χ1n) is 9.96. The molecule has 7 heteroatoms. The number of ketones is 1. The summed E-state index contributed by atoms with van der Waals surface area (Å²) in [4.78, 5) is 28.1. The maximum Gasteiger partial charge on any atom is 0.338 e. The number of benzene rings is 1. The molecule has 4 rings (SSSR count). The Kier molecular flexibility index (Phi) is 5.71. The van der Waals surface area contributed by atoms with Crippen molar-refractivity contribution in [1.82, 2.24) is 0 Å². The van der Waals surface area contributed by atoms with Crippen molar-refractivity contribution in [2.75, 3.05) is 11.5 Å². The Hall–Kier alpha value is -2.57. The van der Waals surface area contributed by atoms with Crippen molar-refractivity contribution < 1.29 is 14.3 Å². The van der Waals surface area contributed by atoms with Crippen LogP contribution >= 0.6 is 22.9 Å². The first-order chi connectivity index (χ1) is 14.5. The molecule has 1 atom stereocenters. The van der Waals surface area contributed by atoms with Crippen LogP contribution in [0.5, 0.6) is 0 Å². The molecule has 1 aromatic heterocycles. The van der Waals surface area contributed by atoms with Crippen molar-refractivity contribution in [3.8, 4) is 0 Å². The fourth-order valence-corrected chi connectivity index (χ4v) is 5.14. The molecule has 30 heavy (non-hydrogen) atoms. The third-order valence-corrected chi connectivity index (χ3v) is 6.76. The summed E-state index contributed by atoms with van der Waals surface area (Å²) in [7, 11) is 0. The van der Waals surface area contributed by atoms with E-state index in [2.05, 4.69) is 0 Å². The Labute approximate surface area is 184 Å². The van der Waals surface area contributed by atoms with E-state index in [1.807, 2.05) is 46.8 Å². The summed E-state index contributed by atoms with van der Waals surface area (Å²) in [5, 5.41) is 4.50. The molecule has 1 unspecified atom stereocenters. The van der Waals surface area contributed by atoms with Gasteiger partial charge in [0.05, 0.1) is 23.8 Å². The zero-order valence-corrected chi connectivity index (χ0v) is 18.5. The van der Waals surface area contributed by atoms with Crippen LogP contribution in [-0.4, -0.2) is 18.4 Å². The van der Waals surface area contributed by atoms with Gasteiger partial charge in [0.1, 0.15) is 5.82 Å². The fraction of sp³-hybridized carbons (Fsp3) is 0.304. The molecule has 0 fully saturated rings. The average molecular weight is 443 g/mol. The van der Waals surface area contributed by atoms with E-state index in [-0.39, 0.29) is 12.4 Å². The van der Waals surface area contributed by atoms with E-state index in [4.69, 9.17) is 22.1 Å². The van der Waals surface area contributed by atoms with Crippen LogP contribution in [0.3, 0.4) is 0 Å². The number of ether oxygens (including phenoxy) is 1. The molecule has 1 aliphatic carbocycles. The number of halogens is 1. The summed E-state index contributed by atoms with van der Waals surface area (Å²) >= 11 is 7.91. The lowest BCUT2D eigenvalue weighted by atomic mass is 9.76. The van der Waals surface area contributed by atoms with Crippen LogP contribution in [-0.2, 0) is 14.3 Å². The number of anilines is 1. The van der Waals surface area contributed by atoms with Gasteiger partial charge in [-0.15, -0.1) is 0 Å². The van der Waals surface area contributed by atoms with E-state index in [9.17, 15) is 9.59 Å². The molecule has 2 heterocycles. The fourth-order valence-electron chi connectivity index (χ4n) is 4.28. The monoisotopic (exact) mass is 442 g/mol. The predicted molar refractivity (Wildman–Crippen MR) is 119 cm³/mol. The summed E-state index contributed by atoms with van der Waals surface area (Å²) in [6.07, 6.45) is 1.90. The predicted octanol–water partition coefficient (Wildman–Crippen LogP) is 5.05. The molecule has 2 N–H and O–H groups in total.